The van der Waals surface area contributed by atoms with Gasteiger partial charge in [-0.05, 0) is 61.7 Å². The summed E-state index contributed by atoms with van der Waals surface area (Å²) >= 11 is 0. The fourth-order valence-electron chi connectivity index (χ4n) is 4.80. The van der Waals surface area contributed by atoms with Gasteiger partial charge < -0.3 is 20.7 Å². The summed E-state index contributed by atoms with van der Waals surface area (Å²) in [4.78, 5) is 32.7. The SMILES string of the molecule is Cc1cc(C)c(C(=O)NC(Cc2ccc(-n3cc(CNc4nc5ccccc5[nH]4)cn3)cc2)C(=O)O)c(C)c1. The number of anilines is 1. The number of carbonyl (C=O) groups is 2. The third kappa shape index (κ3) is 5.82. The molecule has 0 aliphatic rings. The smallest absolute Gasteiger partial charge is 0.326 e. The molecule has 9 nitrogen and oxygen atoms in total. The van der Waals surface area contributed by atoms with Gasteiger partial charge in [-0.2, -0.15) is 5.10 Å². The van der Waals surface area contributed by atoms with Gasteiger partial charge in [-0.3, -0.25) is 4.79 Å². The van der Waals surface area contributed by atoms with Crippen LogP contribution in [0.5, 0.6) is 0 Å². The van der Waals surface area contributed by atoms with Crippen LogP contribution in [0.15, 0.2) is 73.1 Å². The first kappa shape index (κ1) is 25.7. The first-order valence-corrected chi connectivity index (χ1v) is 12.7. The third-order valence-electron chi connectivity index (χ3n) is 6.63. The van der Waals surface area contributed by atoms with Gasteiger partial charge in [-0.1, -0.05) is 42.0 Å². The maximum absolute atomic E-state index is 12.9. The topological polar surface area (TPSA) is 125 Å². The number of nitrogens with zero attached hydrogens (tertiary/aromatic N) is 3. The van der Waals surface area contributed by atoms with Crippen molar-refractivity contribution in [1.29, 1.82) is 0 Å². The predicted octanol–water partition coefficient (Wildman–Crippen LogP) is 4.71. The zero-order chi connectivity index (χ0) is 27.5. The number of para-hydroxylation sites is 2. The van der Waals surface area contributed by atoms with E-state index in [1.165, 1.54) is 0 Å². The Morgan fingerprint density at radius 2 is 1.72 bits per heavy atom. The second kappa shape index (κ2) is 10.8. The van der Waals surface area contributed by atoms with E-state index in [1.54, 1.807) is 10.9 Å². The quantitative estimate of drug-likeness (QED) is 0.222. The van der Waals surface area contributed by atoms with Crippen molar-refractivity contribution < 1.29 is 14.7 Å². The summed E-state index contributed by atoms with van der Waals surface area (Å²) in [5.41, 5.74) is 7.72. The highest BCUT2D eigenvalue weighted by atomic mass is 16.4. The van der Waals surface area contributed by atoms with E-state index < -0.39 is 12.0 Å². The predicted molar refractivity (Wildman–Crippen MR) is 150 cm³/mol. The van der Waals surface area contributed by atoms with Crippen LogP contribution in [0.2, 0.25) is 0 Å². The molecule has 0 saturated carbocycles. The van der Waals surface area contributed by atoms with Crippen LogP contribution in [0, 0.1) is 20.8 Å². The lowest BCUT2D eigenvalue weighted by molar-refractivity contribution is -0.139. The molecular formula is C30H30N6O3. The second-order valence-corrected chi connectivity index (χ2v) is 9.76. The number of H-pyrrole nitrogens is 1. The monoisotopic (exact) mass is 522 g/mol. The van der Waals surface area contributed by atoms with E-state index in [9.17, 15) is 14.7 Å². The lowest BCUT2D eigenvalue weighted by Gasteiger charge is -2.17. The number of carboxylic acids is 1. The molecule has 0 radical (unpaired) electrons. The minimum atomic E-state index is -1.08. The molecule has 0 saturated heterocycles. The molecule has 0 aliphatic carbocycles. The number of imidazole rings is 1. The molecule has 9 heteroatoms. The lowest BCUT2D eigenvalue weighted by atomic mass is 9.98. The summed E-state index contributed by atoms with van der Waals surface area (Å²) < 4.78 is 1.76. The first-order valence-electron chi connectivity index (χ1n) is 12.7. The Balaban J connectivity index is 1.22. The van der Waals surface area contributed by atoms with Crippen molar-refractivity contribution in [2.45, 2.75) is 39.8 Å². The zero-order valence-electron chi connectivity index (χ0n) is 22.0. The van der Waals surface area contributed by atoms with Crippen LogP contribution in [-0.4, -0.2) is 42.8 Å². The van der Waals surface area contributed by atoms with Crippen LogP contribution in [0.4, 0.5) is 5.95 Å². The van der Waals surface area contributed by atoms with Crippen molar-refractivity contribution in [3.05, 3.63) is 106 Å². The van der Waals surface area contributed by atoms with E-state index in [2.05, 4.69) is 25.7 Å². The van der Waals surface area contributed by atoms with Crippen LogP contribution in [-0.2, 0) is 17.8 Å². The van der Waals surface area contributed by atoms with Crippen molar-refractivity contribution in [2.24, 2.45) is 0 Å². The molecular weight excluding hydrogens is 492 g/mol. The number of aromatic amines is 1. The van der Waals surface area contributed by atoms with E-state index in [0.29, 0.717) is 18.1 Å². The Bertz CT molecular complexity index is 1600. The van der Waals surface area contributed by atoms with E-state index in [0.717, 1.165) is 44.5 Å². The average molecular weight is 523 g/mol. The molecule has 0 bridgehead atoms. The van der Waals surface area contributed by atoms with E-state index >= 15 is 0 Å². The molecule has 0 fully saturated rings. The third-order valence-corrected chi connectivity index (χ3v) is 6.63. The van der Waals surface area contributed by atoms with Crippen molar-refractivity contribution >= 4 is 28.9 Å². The highest BCUT2D eigenvalue weighted by Gasteiger charge is 2.23. The molecule has 1 unspecified atom stereocenters. The minimum Gasteiger partial charge on any atom is -0.480 e. The zero-order valence-corrected chi connectivity index (χ0v) is 22.0. The number of aliphatic carboxylic acids is 1. The van der Waals surface area contributed by atoms with Crippen molar-refractivity contribution in [3.63, 3.8) is 0 Å². The summed E-state index contributed by atoms with van der Waals surface area (Å²) in [6.45, 7) is 6.24. The highest BCUT2D eigenvalue weighted by Crippen LogP contribution is 2.18. The normalized spacial score (nSPS) is 11.9. The van der Waals surface area contributed by atoms with Gasteiger partial charge in [0.1, 0.15) is 6.04 Å². The number of aryl methyl sites for hydroxylation is 3. The van der Waals surface area contributed by atoms with Gasteiger partial charge in [0, 0.05) is 30.3 Å². The van der Waals surface area contributed by atoms with Gasteiger partial charge in [0.25, 0.3) is 5.91 Å². The average Bonchev–Trinajstić information content (AvgIpc) is 3.54. The van der Waals surface area contributed by atoms with Crippen molar-refractivity contribution in [3.8, 4) is 5.69 Å². The fourth-order valence-corrected chi connectivity index (χ4v) is 4.80. The molecule has 5 aromatic rings. The number of benzene rings is 3. The van der Waals surface area contributed by atoms with E-state index in [1.807, 2.05) is 87.6 Å². The lowest BCUT2D eigenvalue weighted by Crippen LogP contribution is -2.42. The van der Waals surface area contributed by atoms with Crippen LogP contribution in [0.1, 0.15) is 38.2 Å². The molecule has 39 heavy (non-hydrogen) atoms. The maximum atomic E-state index is 12.9. The van der Waals surface area contributed by atoms with Crippen LogP contribution < -0.4 is 10.6 Å². The number of aromatic nitrogens is 4. The number of carbonyl (C=O) groups excluding carboxylic acids is 1. The summed E-state index contributed by atoms with van der Waals surface area (Å²) in [6.07, 6.45) is 3.88. The number of hydrogen-bond acceptors (Lipinski definition) is 5. The van der Waals surface area contributed by atoms with Gasteiger partial charge in [-0.25, -0.2) is 14.5 Å². The first-order chi connectivity index (χ1) is 18.8. The molecule has 1 atom stereocenters. The molecule has 3 aromatic carbocycles. The largest absolute Gasteiger partial charge is 0.480 e. The molecule has 198 valence electrons. The minimum absolute atomic E-state index is 0.164. The fraction of sp³-hybridized carbons (Fsp3) is 0.200. The summed E-state index contributed by atoms with van der Waals surface area (Å²) in [7, 11) is 0. The Morgan fingerprint density at radius 1 is 1.00 bits per heavy atom. The Morgan fingerprint density at radius 3 is 2.41 bits per heavy atom. The maximum Gasteiger partial charge on any atom is 0.326 e. The molecule has 5 rings (SSSR count). The Labute approximate surface area is 225 Å². The standard InChI is InChI=1S/C30H30N6O3/c1-18-12-19(2)27(20(3)13-18)28(37)33-26(29(38)39)14-21-8-10-23(11-9-21)36-17-22(16-32-36)15-31-30-34-24-6-4-5-7-25(24)35-30/h4-13,16-17,26H,14-15H2,1-3H3,(H,33,37)(H,38,39)(H2,31,34,35). The number of fused-ring (bicyclic) bond motifs is 1. The van der Waals surface area contributed by atoms with Gasteiger partial charge in [0.15, 0.2) is 0 Å². The number of amides is 1. The summed E-state index contributed by atoms with van der Waals surface area (Å²) in [6, 6.07) is 18.1. The van der Waals surface area contributed by atoms with Crippen LogP contribution >= 0.6 is 0 Å². The highest BCUT2D eigenvalue weighted by molar-refractivity contribution is 5.99. The Hall–Kier alpha value is -4.92. The van der Waals surface area contributed by atoms with Gasteiger partial charge in [0.2, 0.25) is 5.95 Å². The second-order valence-electron chi connectivity index (χ2n) is 9.76. The molecule has 0 aliphatic heterocycles. The van der Waals surface area contributed by atoms with Crippen molar-refractivity contribution in [1.82, 2.24) is 25.1 Å². The molecule has 2 aromatic heterocycles. The molecule has 4 N–H and O–H groups in total. The number of nitrogens with one attached hydrogen (secondary N) is 3. The Kier molecular flexibility index (Phi) is 7.14. The van der Waals surface area contributed by atoms with Gasteiger partial charge in [-0.15, -0.1) is 0 Å². The van der Waals surface area contributed by atoms with Crippen LogP contribution in [0.3, 0.4) is 0 Å². The molecule has 0 spiro atoms. The van der Waals surface area contributed by atoms with Gasteiger partial charge >= 0.3 is 5.97 Å². The molecule has 2 heterocycles. The number of hydrogen-bond donors (Lipinski definition) is 4. The summed E-state index contributed by atoms with van der Waals surface area (Å²) in [5, 5.41) is 20.2. The van der Waals surface area contributed by atoms with Crippen LogP contribution in [0.25, 0.3) is 16.7 Å². The van der Waals surface area contributed by atoms with Gasteiger partial charge in [0.05, 0.1) is 22.9 Å². The summed E-state index contributed by atoms with van der Waals surface area (Å²) in [5.74, 6) is -0.765. The number of carboxylic acid groups (broad SMARTS) is 1. The van der Waals surface area contributed by atoms with E-state index in [-0.39, 0.29) is 12.3 Å². The van der Waals surface area contributed by atoms with Crippen molar-refractivity contribution in [2.75, 3.05) is 5.32 Å². The van der Waals surface area contributed by atoms with E-state index in [4.69, 9.17) is 0 Å². The number of rotatable bonds is 9. The molecule has 1 amide bonds.